The second-order valence-electron chi connectivity index (χ2n) is 3.17. The lowest BCUT2D eigenvalue weighted by Gasteiger charge is -2.35. The van der Waals surface area contributed by atoms with Crippen LogP contribution in [0.15, 0.2) is 0 Å². The largest absolute Gasteiger partial charge is 0.345 e. The van der Waals surface area contributed by atoms with Crippen molar-refractivity contribution >= 4 is 31.9 Å². The molecule has 2 atom stereocenters. The van der Waals surface area contributed by atoms with Gasteiger partial charge in [0.15, 0.2) is 5.79 Å². The first-order valence-corrected chi connectivity index (χ1v) is 6.56. The number of hydrogen-bond acceptors (Lipinski definition) is 2. The molecule has 1 rings (SSSR count). The molecule has 13 heavy (non-hydrogen) atoms. The summed E-state index contributed by atoms with van der Waals surface area (Å²) in [6, 6.07) is 0. The molecule has 1 fully saturated rings. The number of ether oxygens (including phenoxy) is 2. The zero-order valence-electron chi connectivity index (χ0n) is 8.06. The molecule has 1 aliphatic heterocycles. The maximum atomic E-state index is 5.73. The molecule has 0 saturated carbocycles. The Kier molecular flexibility index (Phi) is 4.69. The molecule has 2 unspecified atom stereocenters. The second-order valence-corrected chi connectivity index (χ2v) is 5.38. The van der Waals surface area contributed by atoms with Gasteiger partial charge in [0.1, 0.15) is 0 Å². The summed E-state index contributed by atoms with van der Waals surface area (Å²) >= 11 is 7.24. The van der Waals surface area contributed by atoms with Crippen molar-refractivity contribution in [2.45, 2.75) is 42.1 Å². The summed E-state index contributed by atoms with van der Waals surface area (Å²) < 4.78 is 11.5. The predicted molar refractivity (Wildman–Crippen MR) is 60.6 cm³/mol. The Hall–Kier alpha value is 0.880. The van der Waals surface area contributed by atoms with E-state index in [2.05, 4.69) is 45.7 Å². The van der Waals surface area contributed by atoms with Crippen LogP contribution in [-0.2, 0) is 9.47 Å². The fourth-order valence-corrected chi connectivity index (χ4v) is 3.09. The lowest BCUT2D eigenvalue weighted by Crippen LogP contribution is -2.47. The normalized spacial score (nSPS) is 25.8. The van der Waals surface area contributed by atoms with E-state index in [-0.39, 0.29) is 9.65 Å². The highest BCUT2D eigenvalue weighted by atomic mass is 79.9. The molecule has 0 N–H and O–H groups in total. The third kappa shape index (κ3) is 2.28. The lowest BCUT2D eigenvalue weighted by molar-refractivity contribution is -0.154. The first-order chi connectivity index (χ1) is 6.17. The number of alkyl halides is 2. The van der Waals surface area contributed by atoms with E-state index >= 15 is 0 Å². The molecule has 1 heterocycles. The number of rotatable bonds is 4. The van der Waals surface area contributed by atoms with Gasteiger partial charge in [-0.25, -0.2) is 0 Å². The van der Waals surface area contributed by atoms with Gasteiger partial charge in [0.05, 0.1) is 22.9 Å². The van der Waals surface area contributed by atoms with Crippen molar-refractivity contribution < 1.29 is 9.47 Å². The van der Waals surface area contributed by atoms with Crippen LogP contribution in [0.2, 0.25) is 0 Å². The zero-order chi connectivity index (χ0) is 9.90. The van der Waals surface area contributed by atoms with Gasteiger partial charge in [-0.05, 0) is 12.8 Å². The third-order valence-electron chi connectivity index (χ3n) is 2.33. The van der Waals surface area contributed by atoms with Crippen molar-refractivity contribution in [3.63, 3.8) is 0 Å². The van der Waals surface area contributed by atoms with E-state index in [1.165, 1.54) is 0 Å². The van der Waals surface area contributed by atoms with E-state index in [0.29, 0.717) is 13.2 Å². The molecule has 0 aromatic heterocycles. The van der Waals surface area contributed by atoms with Gasteiger partial charge in [0.25, 0.3) is 0 Å². The van der Waals surface area contributed by atoms with Crippen molar-refractivity contribution in [1.82, 2.24) is 0 Å². The van der Waals surface area contributed by atoms with Crippen molar-refractivity contribution in [1.29, 1.82) is 0 Å². The van der Waals surface area contributed by atoms with Gasteiger partial charge in [0.2, 0.25) is 0 Å². The fourth-order valence-electron chi connectivity index (χ4n) is 1.57. The Balaban J connectivity index is 2.73. The van der Waals surface area contributed by atoms with Crippen LogP contribution in [0.4, 0.5) is 0 Å². The molecule has 0 spiro atoms. The van der Waals surface area contributed by atoms with Gasteiger partial charge in [-0.1, -0.05) is 45.7 Å². The van der Waals surface area contributed by atoms with Crippen molar-refractivity contribution in [3.05, 3.63) is 0 Å². The second kappa shape index (κ2) is 5.10. The molecule has 0 aromatic rings. The number of hydrogen-bond donors (Lipinski definition) is 0. The average molecular weight is 316 g/mol. The Morgan fingerprint density at radius 2 is 1.46 bits per heavy atom. The van der Waals surface area contributed by atoms with Crippen LogP contribution in [0.5, 0.6) is 0 Å². The summed E-state index contributed by atoms with van der Waals surface area (Å²) in [4.78, 5) is 0.513. The molecule has 0 aliphatic carbocycles. The molecule has 4 heteroatoms. The maximum absolute atomic E-state index is 5.73. The molecule has 1 saturated heterocycles. The molecular formula is C9H16Br2O2. The SMILES string of the molecule is CCC(Br)C1(C(Br)CC)OCCO1. The summed E-state index contributed by atoms with van der Waals surface area (Å²) in [7, 11) is 0. The van der Waals surface area contributed by atoms with E-state index in [0.717, 1.165) is 12.8 Å². The quantitative estimate of drug-likeness (QED) is 0.742. The van der Waals surface area contributed by atoms with Gasteiger partial charge >= 0.3 is 0 Å². The van der Waals surface area contributed by atoms with Gasteiger partial charge in [-0.2, -0.15) is 0 Å². The standard InChI is InChI=1S/C9H16Br2O2/c1-3-7(10)9(8(11)4-2)12-5-6-13-9/h7-8H,3-6H2,1-2H3. The van der Waals surface area contributed by atoms with Crippen LogP contribution < -0.4 is 0 Å². The summed E-state index contributed by atoms with van der Waals surface area (Å²) in [5.41, 5.74) is 0. The maximum Gasteiger partial charge on any atom is 0.193 e. The van der Waals surface area contributed by atoms with Gasteiger partial charge in [-0.3, -0.25) is 0 Å². The van der Waals surface area contributed by atoms with E-state index < -0.39 is 5.79 Å². The first kappa shape index (κ1) is 12.0. The minimum Gasteiger partial charge on any atom is -0.345 e. The zero-order valence-corrected chi connectivity index (χ0v) is 11.2. The Morgan fingerprint density at radius 1 is 1.08 bits per heavy atom. The molecule has 78 valence electrons. The van der Waals surface area contributed by atoms with Gasteiger partial charge in [-0.15, -0.1) is 0 Å². The van der Waals surface area contributed by atoms with Crippen LogP contribution in [0.3, 0.4) is 0 Å². The molecule has 0 radical (unpaired) electrons. The van der Waals surface area contributed by atoms with E-state index in [1.54, 1.807) is 0 Å². The smallest absolute Gasteiger partial charge is 0.193 e. The molecule has 2 nitrogen and oxygen atoms in total. The highest BCUT2D eigenvalue weighted by Gasteiger charge is 2.47. The lowest BCUT2D eigenvalue weighted by atomic mass is 10.1. The van der Waals surface area contributed by atoms with Gasteiger partial charge in [0, 0.05) is 0 Å². The molecule has 0 amide bonds. The van der Waals surface area contributed by atoms with Crippen LogP contribution >= 0.6 is 31.9 Å². The molecular weight excluding hydrogens is 300 g/mol. The minimum absolute atomic E-state index is 0.256. The highest BCUT2D eigenvalue weighted by molar-refractivity contribution is 9.10. The van der Waals surface area contributed by atoms with Crippen molar-refractivity contribution in [2.75, 3.05) is 13.2 Å². The average Bonchev–Trinajstić information content (AvgIpc) is 2.65. The van der Waals surface area contributed by atoms with Crippen LogP contribution in [0.25, 0.3) is 0 Å². The van der Waals surface area contributed by atoms with Crippen molar-refractivity contribution in [2.24, 2.45) is 0 Å². The van der Waals surface area contributed by atoms with Gasteiger partial charge < -0.3 is 9.47 Å². The van der Waals surface area contributed by atoms with E-state index in [4.69, 9.17) is 9.47 Å². The Labute approximate surface area is 96.6 Å². The molecule has 0 aromatic carbocycles. The van der Waals surface area contributed by atoms with Crippen LogP contribution in [0, 0.1) is 0 Å². The predicted octanol–water partition coefficient (Wildman–Crippen LogP) is 3.08. The minimum atomic E-state index is -0.455. The molecule has 1 aliphatic rings. The van der Waals surface area contributed by atoms with E-state index in [1.807, 2.05) is 0 Å². The third-order valence-corrected chi connectivity index (χ3v) is 4.90. The van der Waals surface area contributed by atoms with Crippen LogP contribution in [0.1, 0.15) is 26.7 Å². The van der Waals surface area contributed by atoms with Crippen molar-refractivity contribution in [3.8, 4) is 0 Å². The summed E-state index contributed by atoms with van der Waals surface area (Å²) in [5, 5.41) is 0. The fraction of sp³-hybridized carbons (Fsp3) is 1.00. The first-order valence-electron chi connectivity index (χ1n) is 4.73. The summed E-state index contributed by atoms with van der Waals surface area (Å²) in [6.07, 6.45) is 2.00. The topological polar surface area (TPSA) is 18.5 Å². The molecule has 0 bridgehead atoms. The van der Waals surface area contributed by atoms with E-state index in [9.17, 15) is 0 Å². The monoisotopic (exact) mass is 314 g/mol. The Bertz CT molecular complexity index is 146. The number of halogens is 2. The highest BCUT2D eigenvalue weighted by Crippen LogP contribution is 2.38. The summed E-state index contributed by atoms with van der Waals surface area (Å²) in [6.45, 7) is 5.65. The van der Waals surface area contributed by atoms with Crippen LogP contribution in [-0.4, -0.2) is 28.7 Å². The Morgan fingerprint density at radius 3 is 1.77 bits per heavy atom. The summed E-state index contributed by atoms with van der Waals surface area (Å²) in [5.74, 6) is -0.455.